The molecular formula is C23H24F3N5O2. The maximum absolute atomic E-state index is 13.2. The predicted octanol–water partition coefficient (Wildman–Crippen LogP) is 2.86. The van der Waals surface area contributed by atoms with Crippen LogP contribution in [-0.4, -0.2) is 57.3 Å². The average Bonchev–Trinajstić information content (AvgIpc) is 2.79. The number of aromatic nitrogens is 2. The van der Waals surface area contributed by atoms with Crippen molar-refractivity contribution < 1.29 is 18.0 Å². The van der Waals surface area contributed by atoms with Crippen molar-refractivity contribution in [1.82, 2.24) is 19.2 Å². The number of carbonyl (C=O) groups is 1. The molecule has 1 N–H and O–H groups in total. The Morgan fingerprint density at radius 2 is 1.79 bits per heavy atom. The van der Waals surface area contributed by atoms with Gasteiger partial charge in [0, 0.05) is 45.0 Å². The minimum atomic E-state index is -4.54. The number of benzene rings is 1. The van der Waals surface area contributed by atoms with Gasteiger partial charge in [-0.2, -0.15) is 13.2 Å². The zero-order chi connectivity index (χ0) is 23.6. The van der Waals surface area contributed by atoms with Crippen molar-refractivity contribution in [1.29, 1.82) is 0 Å². The quantitative estimate of drug-likeness (QED) is 0.636. The van der Waals surface area contributed by atoms with Crippen molar-refractivity contribution in [3.05, 3.63) is 76.3 Å². The summed E-state index contributed by atoms with van der Waals surface area (Å²) in [6.07, 6.45) is -2.87. The smallest absolute Gasteiger partial charge is 0.324 e. The molecule has 0 radical (unpaired) electrons. The van der Waals surface area contributed by atoms with Crippen LogP contribution in [0.2, 0.25) is 0 Å². The molecule has 1 aromatic carbocycles. The van der Waals surface area contributed by atoms with E-state index in [1.807, 2.05) is 11.0 Å². The van der Waals surface area contributed by atoms with Crippen LogP contribution in [0.4, 0.5) is 18.9 Å². The molecule has 0 bridgehead atoms. The highest BCUT2D eigenvalue weighted by Gasteiger charge is 2.34. The number of para-hydroxylation sites is 1. The SMILES string of the molecule is CC(C(=O)Nc1ccccc1C(F)(F)F)N1CCN(Cc2cc(=O)n3ccccc3n2)CC1. The third-order valence-electron chi connectivity index (χ3n) is 5.83. The monoisotopic (exact) mass is 459 g/mol. The van der Waals surface area contributed by atoms with Gasteiger partial charge in [-0.1, -0.05) is 18.2 Å². The Kier molecular flexibility index (Phi) is 6.48. The van der Waals surface area contributed by atoms with Gasteiger partial charge in [0.2, 0.25) is 5.91 Å². The fraction of sp³-hybridized carbons (Fsp3) is 0.348. The first-order chi connectivity index (χ1) is 15.7. The van der Waals surface area contributed by atoms with Crippen molar-refractivity contribution in [2.24, 2.45) is 0 Å². The number of carbonyl (C=O) groups excluding carboxylic acids is 1. The number of fused-ring (bicyclic) bond motifs is 1. The molecular weight excluding hydrogens is 435 g/mol. The lowest BCUT2D eigenvalue weighted by atomic mass is 10.1. The molecule has 3 heterocycles. The van der Waals surface area contributed by atoms with Crippen LogP contribution in [0.1, 0.15) is 18.2 Å². The van der Waals surface area contributed by atoms with Gasteiger partial charge in [-0.05, 0) is 31.2 Å². The molecule has 1 saturated heterocycles. The predicted molar refractivity (Wildman–Crippen MR) is 118 cm³/mol. The number of amides is 1. The molecule has 33 heavy (non-hydrogen) atoms. The van der Waals surface area contributed by atoms with Gasteiger partial charge in [-0.15, -0.1) is 0 Å². The Morgan fingerprint density at radius 3 is 2.52 bits per heavy atom. The molecule has 1 aliphatic heterocycles. The van der Waals surface area contributed by atoms with Crippen LogP contribution in [0, 0.1) is 0 Å². The van der Waals surface area contributed by atoms with Crippen LogP contribution in [0.5, 0.6) is 0 Å². The number of hydrogen-bond acceptors (Lipinski definition) is 5. The first-order valence-electron chi connectivity index (χ1n) is 10.6. The molecule has 2 aromatic heterocycles. The number of piperazine rings is 1. The van der Waals surface area contributed by atoms with Crippen molar-refractivity contribution >= 4 is 17.2 Å². The Bertz CT molecular complexity index is 1200. The van der Waals surface area contributed by atoms with Crippen LogP contribution in [0.25, 0.3) is 5.65 Å². The highest BCUT2D eigenvalue weighted by atomic mass is 19.4. The zero-order valence-electron chi connectivity index (χ0n) is 18.0. The normalized spacial score (nSPS) is 16.6. The number of nitrogens with zero attached hydrogens (tertiary/aromatic N) is 4. The maximum Gasteiger partial charge on any atom is 0.418 e. The molecule has 3 aromatic rings. The van der Waals surface area contributed by atoms with E-state index in [1.54, 1.807) is 25.3 Å². The number of halogens is 3. The van der Waals surface area contributed by atoms with Crippen molar-refractivity contribution in [2.45, 2.75) is 25.7 Å². The highest BCUT2D eigenvalue weighted by Crippen LogP contribution is 2.34. The van der Waals surface area contributed by atoms with Crippen LogP contribution < -0.4 is 10.9 Å². The van der Waals surface area contributed by atoms with E-state index in [0.29, 0.717) is 44.1 Å². The summed E-state index contributed by atoms with van der Waals surface area (Å²) in [4.78, 5) is 33.5. The van der Waals surface area contributed by atoms with E-state index < -0.39 is 23.7 Å². The molecule has 4 rings (SSSR count). The van der Waals surface area contributed by atoms with Crippen LogP contribution in [-0.2, 0) is 17.5 Å². The number of nitrogens with one attached hydrogen (secondary N) is 1. The molecule has 174 valence electrons. The molecule has 0 aliphatic carbocycles. The van der Waals surface area contributed by atoms with E-state index in [2.05, 4.69) is 15.2 Å². The summed E-state index contributed by atoms with van der Waals surface area (Å²) >= 11 is 0. The number of rotatable bonds is 5. The summed E-state index contributed by atoms with van der Waals surface area (Å²) in [6, 6.07) is 11.3. The first kappa shape index (κ1) is 22.9. The number of pyridine rings is 1. The summed E-state index contributed by atoms with van der Waals surface area (Å²) in [6.45, 7) is 4.63. The topological polar surface area (TPSA) is 70.0 Å². The minimum Gasteiger partial charge on any atom is -0.324 e. The summed E-state index contributed by atoms with van der Waals surface area (Å²) < 4.78 is 41.1. The fourth-order valence-electron chi connectivity index (χ4n) is 3.96. The lowest BCUT2D eigenvalue weighted by Crippen LogP contribution is -2.52. The minimum absolute atomic E-state index is 0.140. The average molecular weight is 459 g/mol. The largest absolute Gasteiger partial charge is 0.418 e. The summed E-state index contributed by atoms with van der Waals surface area (Å²) in [7, 11) is 0. The number of alkyl halides is 3. The van der Waals surface area contributed by atoms with E-state index >= 15 is 0 Å². The van der Waals surface area contributed by atoms with Gasteiger partial charge in [0.15, 0.2) is 0 Å². The lowest BCUT2D eigenvalue weighted by molar-refractivity contribution is -0.137. The number of anilines is 1. The fourth-order valence-corrected chi connectivity index (χ4v) is 3.96. The zero-order valence-corrected chi connectivity index (χ0v) is 18.0. The Labute approximate surface area is 188 Å². The summed E-state index contributed by atoms with van der Waals surface area (Å²) in [5.74, 6) is -0.482. The van der Waals surface area contributed by atoms with Gasteiger partial charge >= 0.3 is 6.18 Å². The maximum atomic E-state index is 13.2. The molecule has 1 atom stereocenters. The van der Waals surface area contributed by atoms with E-state index in [1.165, 1.54) is 28.7 Å². The second kappa shape index (κ2) is 9.32. The third-order valence-corrected chi connectivity index (χ3v) is 5.83. The van der Waals surface area contributed by atoms with Gasteiger partial charge in [-0.25, -0.2) is 4.98 Å². The Hall–Kier alpha value is -3.24. The van der Waals surface area contributed by atoms with Crippen LogP contribution in [0.15, 0.2) is 59.5 Å². The lowest BCUT2D eigenvalue weighted by Gasteiger charge is -2.37. The van der Waals surface area contributed by atoms with Crippen molar-refractivity contribution in [3.8, 4) is 0 Å². The van der Waals surface area contributed by atoms with Gasteiger partial charge in [-0.3, -0.25) is 23.8 Å². The second-order valence-electron chi connectivity index (χ2n) is 8.04. The second-order valence-corrected chi connectivity index (χ2v) is 8.04. The van der Waals surface area contributed by atoms with Crippen LogP contribution >= 0.6 is 0 Å². The highest BCUT2D eigenvalue weighted by molar-refractivity contribution is 5.95. The van der Waals surface area contributed by atoms with Gasteiger partial charge in [0.25, 0.3) is 5.56 Å². The molecule has 1 amide bonds. The van der Waals surface area contributed by atoms with Gasteiger partial charge in [0.1, 0.15) is 5.65 Å². The molecule has 1 unspecified atom stereocenters. The van der Waals surface area contributed by atoms with E-state index in [4.69, 9.17) is 0 Å². The molecule has 1 fully saturated rings. The van der Waals surface area contributed by atoms with E-state index in [9.17, 15) is 22.8 Å². The van der Waals surface area contributed by atoms with Crippen molar-refractivity contribution in [3.63, 3.8) is 0 Å². The summed E-state index contributed by atoms with van der Waals surface area (Å²) in [5.41, 5.74) is 0.0132. The molecule has 10 heteroatoms. The van der Waals surface area contributed by atoms with Crippen LogP contribution in [0.3, 0.4) is 0 Å². The molecule has 7 nitrogen and oxygen atoms in total. The standard InChI is InChI=1S/C23H24F3N5O2/c1-16(22(33)28-19-7-3-2-6-18(19)23(24,25)26)30-12-10-29(11-13-30)15-17-14-21(32)31-9-5-4-8-20(31)27-17/h2-9,14,16H,10-13,15H2,1H3,(H,28,33). The Morgan fingerprint density at radius 1 is 1.09 bits per heavy atom. The van der Waals surface area contributed by atoms with E-state index in [0.717, 1.165) is 6.07 Å². The summed E-state index contributed by atoms with van der Waals surface area (Å²) in [5, 5.41) is 2.43. The molecule has 0 saturated carbocycles. The van der Waals surface area contributed by atoms with E-state index in [-0.39, 0.29) is 11.2 Å². The van der Waals surface area contributed by atoms with Gasteiger partial charge in [0.05, 0.1) is 23.0 Å². The molecule has 0 spiro atoms. The van der Waals surface area contributed by atoms with Crippen molar-refractivity contribution in [2.75, 3.05) is 31.5 Å². The number of hydrogen-bond donors (Lipinski definition) is 1. The molecule has 1 aliphatic rings. The van der Waals surface area contributed by atoms with Gasteiger partial charge < -0.3 is 5.32 Å². The Balaban J connectivity index is 1.35. The first-order valence-corrected chi connectivity index (χ1v) is 10.6. The third kappa shape index (κ3) is 5.23.